The molecular formula is C17H22ClN3O5S. The zero-order chi connectivity index (χ0) is 19.2. The molecule has 2 rings (SSSR count). The van der Waals surface area contributed by atoms with E-state index in [1.807, 2.05) is 30.3 Å². The van der Waals surface area contributed by atoms with E-state index >= 15 is 0 Å². The fraction of sp³-hybridized carbons (Fsp3) is 0.294. The molecule has 0 bridgehead atoms. The number of nitrogens with zero attached hydrogens (tertiary/aromatic N) is 2. The molecule has 0 unspecified atom stereocenters. The lowest BCUT2D eigenvalue weighted by atomic mass is 10.1. The van der Waals surface area contributed by atoms with Crippen molar-refractivity contribution in [2.24, 2.45) is 5.73 Å². The Balaban J connectivity index is 0.00000364. The molecule has 0 aliphatic carbocycles. The second-order valence-electron chi connectivity index (χ2n) is 5.52. The van der Waals surface area contributed by atoms with Gasteiger partial charge in [-0.15, -0.1) is 12.4 Å². The van der Waals surface area contributed by atoms with Gasteiger partial charge in [-0.1, -0.05) is 30.3 Å². The number of rotatable bonds is 9. The molecule has 0 heterocycles. The summed E-state index contributed by atoms with van der Waals surface area (Å²) < 4.78 is 32.0. The molecule has 0 radical (unpaired) electrons. The number of hydrogen-bond donors (Lipinski definition) is 1. The topological polar surface area (TPSA) is 116 Å². The lowest BCUT2D eigenvalue weighted by Gasteiger charge is -2.21. The Hall–Kier alpha value is -2.20. The highest BCUT2D eigenvalue weighted by atomic mass is 35.5. The summed E-state index contributed by atoms with van der Waals surface area (Å²) in [7, 11) is -2.63. The van der Waals surface area contributed by atoms with Crippen LogP contribution in [0.5, 0.6) is 5.75 Å². The quantitative estimate of drug-likeness (QED) is 0.495. The van der Waals surface area contributed by atoms with Gasteiger partial charge in [0.15, 0.2) is 5.75 Å². The van der Waals surface area contributed by atoms with Gasteiger partial charge in [0.05, 0.1) is 16.9 Å². The number of methoxy groups -OCH3 is 1. The molecule has 0 amide bonds. The van der Waals surface area contributed by atoms with Crippen molar-refractivity contribution >= 4 is 28.1 Å². The third-order valence-electron chi connectivity index (χ3n) is 3.86. The summed E-state index contributed by atoms with van der Waals surface area (Å²) in [6.45, 7) is 0.491. The van der Waals surface area contributed by atoms with Gasteiger partial charge in [-0.25, -0.2) is 8.42 Å². The Morgan fingerprint density at radius 2 is 1.81 bits per heavy atom. The first kappa shape index (κ1) is 22.8. The smallest absolute Gasteiger partial charge is 0.312 e. The van der Waals surface area contributed by atoms with Crippen LogP contribution >= 0.6 is 12.4 Å². The Labute approximate surface area is 164 Å². The standard InChI is InChI=1S/C17H21N3O5S.ClH/c1-25-17-8-7-15(13-16(17)20(21)22)26(23,24)19(12-10-18)11-9-14-5-3-2-4-6-14;/h2-8,13H,9-12,18H2,1H3;1H. The van der Waals surface area contributed by atoms with Crippen LogP contribution in [0.2, 0.25) is 0 Å². The van der Waals surface area contributed by atoms with Crippen LogP contribution in [0, 0.1) is 10.1 Å². The number of nitro groups is 1. The maximum atomic E-state index is 12.9. The van der Waals surface area contributed by atoms with Crippen LogP contribution in [-0.4, -0.2) is 44.4 Å². The van der Waals surface area contributed by atoms with E-state index in [-0.39, 0.29) is 42.7 Å². The van der Waals surface area contributed by atoms with Crippen molar-refractivity contribution in [3.05, 3.63) is 64.2 Å². The molecule has 8 nitrogen and oxygen atoms in total. The molecule has 2 aromatic rings. The summed E-state index contributed by atoms with van der Waals surface area (Å²) in [5.41, 5.74) is 6.15. The SMILES string of the molecule is COc1ccc(S(=O)(=O)N(CCN)CCc2ccccc2)cc1[N+](=O)[O-].Cl. The number of nitrogens with two attached hydrogens (primary N) is 1. The molecule has 148 valence electrons. The second kappa shape index (κ2) is 10.2. The van der Waals surface area contributed by atoms with Gasteiger partial charge < -0.3 is 10.5 Å². The highest BCUT2D eigenvalue weighted by Gasteiger charge is 2.27. The number of halogens is 1. The van der Waals surface area contributed by atoms with E-state index in [9.17, 15) is 18.5 Å². The minimum Gasteiger partial charge on any atom is -0.490 e. The van der Waals surface area contributed by atoms with Crippen LogP contribution in [0.15, 0.2) is 53.4 Å². The van der Waals surface area contributed by atoms with Gasteiger partial charge in [-0.2, -0.15) is 4.31 Å². The Kier molecular flexibility index (Phi) is 8.64. The predicted octanol–water partition coefficient (Wildman–Crippen LogP) is 2.22. The minimum absolute atomic E-state index is 0. The third kappa shape index (κ3) is 5.64. The van der Waals surface area contributed by atoms with Crippen LogP contribution < -0.4 is 10.5 Å². The van der Waals surface area contributed by atoms with Crippen LogP contribution in [0.25, 0.3) is 0 Å². The van der Waals surface area contributed by atoms with Crippen molar-refractivity contribution in [2.75, 3.05) is 26.7 Å². The summed E-state index contributed by atoms with van der Waals surface area (Å²) in [6, 6.07) is 13.1. The summed E-state index contributed by atoms with van der Waals surface area (Å²) in [6.07, 6.45) is 0.512. The number of ether oxygens (including phenoxy) is 1. The Bertz CT molecular complexity index is 862. The molecule has 10 heteroatoms. The van der Waals surface area contributed by atoms with Crippen molar-refractivity contribution in [1.29, 1.82) is 0 Å². The van der Waals surface area contributed by atoms with Crippen molar-refractivity contribution in [2.45, 2.75) is 11.3 Å². The maximum absolute atomic E-state index is 12.9. The molecule has 0 saturated heterocycles. The van der Waals surface area contributed by atoms with Crippen LogP contribution in [0.3, 0.4) is 0 Å². The molecule has 0 fully saturated rings. The van der Waals surface area contributed by atoms with Crippen LogP contribution in [-0.2, 0) is 16.4 Å². The molecule has 0 saturated carbocycles. The lowest BCUT2D eigenvalue weighted by Crippen LogP contribution is -2.37. The highest BCUT2D eigenvalue weighted by molar-refractivity contribution is 7.89. The van der Waals surface area contributed by atoms with E-state index in [0.717, 1.165) is 11.6 Å². The first-order valence-corrected chi connectivity index (χ1v) is 9.40. The van der Waals surface area contributed by atoms with Gasteiger partial charge in [-0.3, -0.25) is 10.1 Å². The fourth-order valence-electron chi connectivity index (χ4n) is 2.52. The molecule has 2 N–H and O–H groups in total. The zero-order valence-electron chi connectivity index (χ0n) is 14.8. The van der Waals surface area contributed by atoms with E-state index in [1.165, 1.54) is 23.5 Å². The van der Waals surface area contributed by atoms with E-state index in [4.69, 9.17) is 10.5 Å². The van der Waals surface area contributed by atoms with E-state index in [2.05, 4.69) is 0 Å². The van der Waals surface area contributed by atoms with Gasteiger partial charge in [0.25, 0.3) is 0 Å². The van der Waals surface area contributed by atoms with E-state index in [0.29, 0.717) is 6.42 Å². The predicted molar refractivity (Wildman–Crippen MR) is 105 cm³/mol. The molecule has 0 aromatic heterocycles. The first-order chi connectivity index (χ1) is 12.4. The highest BCUT2D eigenvalue weighted by Crippen LogP contribution is 2.30. The average Bonchev–Trinajstić information content (AvgIpc) is 2.65. The molecule has 27 heavy (non-hydrogen) atoms. The van der Waals surface area contributed by atoms with Gasteiger partial charge in [0.1, 0.15) is 0 Å². The molecule has 0 aliphatic rings. The number of sulfonamides is 1. The number of nitro benzene ring substituents is 1. The number of hydrogen-bond acceptors (Lipinski definition) is 6. The number of benzene rings is 2. The molecule has 0 atom stereocenters. The molecular weight excluding hydrogens is 394 g/mol. The van der Waals surface area contributed by atoms with Crippen molar-refractivity contribution in [3.8, 4) is 5.75 Å². The zero-order valence-corrected chi connectivity index (χ0v) is 16.4. The molecule has 2 aromatic carbocycles. The Morgan fingerprint density at radius 1 is 1.15 bits per heavy atom. The third-order valence-corrected chi connectivity index (χ3v) is 5.75. The molecule has 0 spiro atoms. The summed E-state index contributed by atoms with van der Waals surface area (Å²) in [5, 5.41) is 11.2. The van der Waals surface area contributed by atoms with Gasteiger partial charge in [-0.05, 0) is 24.1 Å². The van der Waals surface area contributed by atoms with Crippen molar-refractivity contribution in [3.63, 3.8) is 0 Å². The van der Waals surface area contributed by atoms with Crippen molar-refractivity contribution < 1.29 is 18.1 Å². The summed E-state index contributed by atoms with van der Waals surface area (Å²) >= 11 is 0. The monoisotopic (exact) mass is 415 g/mol. The fourth-order valence-corrected chi connectivity index (χ4v) is 3.99. The largest absolute Gasteiger partial charge is 0.490 e. The first-order valence-electron chi connectivity index (χ1n) is 7.96. The van der Waals surface area contributed by atoms with Gasteiger partial charge >= 0.3 is 5.69 Å². The minimum atomic E-state index is -3.92. The summed E-state index contributed by atoms with van der Waals surface area (Å²) in [4.78, 5) is 10.3. The normalized spacial score (nSPS) is 11.1. The van der Waals surface area contributed by atoms with Crippen LogP contribution in [0.4, 0.5) is 5.69 Å². The lowest BCUT2D eigenvalue weighted by molar-refractivity contribution is -0.386. The van der Waals surface area contributed by atoms with E-state index in [1.54, 1.807) is 0 Å². The maximum Gasteiger partial charge on any atom is 0.312 e. The summed E-state index contributed by atoms with van der Waals surface area (Å²) in [5.74, 6) is 0.00334. The van der Waals surface area contributed by atoms with E-state index < -0.39 is 20.6 Å². The Morgan fingerprint density at radius 3 is 2.37 bits per heavy atom. The van der Waals surface area contributed by atoms with Crippen molar-refractivity contribution in [1.82, 2.24) is 4.31 Å². The van der Waals surface area contributed by atoms with Gasteiger partial charge in [0, 0.05) is 25.7 Å². The second-order valence-corrected chi connectivity index (χ2v) is 7.46. The van der Waals surface area contributed by atoms with Crippen LogP contribution in [0.1, 0.15) is 5.56 Å². The molecule has 0 aliphatic heterocycles. The van der Waals surface area contributed by atoms with Gasteiger partial charge in [0.2, 0.25) is 10.0 Å². The average molecular weight is 416 g/mol.